The van der Waals surface area contributed by atoms with Gasteiger partial charge in [-0.05, 0) is 42.2 Å². The Morgan fingerprint density at radius 2 is 1.59 bits per heavy atom. The summed E-state index contributed by atoms with van der Waals surface area (Å²) < 4.78 is 0.876. The largest absolute Gasteiger partial charge is 0.479 e. The van der Waals surface area contributed by atoms with Gasteiger partial charge >= 0.3 is 12.0 Å². The maximum Gasteiger partial charge on any atom is 0.330 e. The zero-order chi connectivity index (χ0) is 21.4. The molecule has 0 unspecified atom stereocenters. The van der Waals surface area contributed by atoms with Gasteiger partial charge in [0.25, 0.3) is 0 Å². The number of nitrogens with one attached hydrogen (secondary N) is 3. The lowest BCUT2D eigenvalue weighted by Crippen LogP contribution is -2.50. The minimum absolute atomic E-state index is 0.110. The van der Waals surface area contributed by atoms with Crippen LogP contribution in [0.25, 0.3) is 0 Å². The number of amides is 3. The minimum Gasteiger partial charge on any atom is -0.479 e. The molecule has 0 aliphatic rings. The summed E-state index contributed by atoms with van der Waals surface area (Å²) in [6.07, 6.45) is 0.362. The molecule has 2 atom stereocenters. The predicted molar refractivity (Wildman–Crippen MR) is 115 cm³/mol. The maximum absolute atomic E-state index is 12.8. The first-order valence-electron chi connectivity index (χ1n) is 9.17. The molecule has 0 saturated carbocycles. The van der Waals surface area contributed by atoms with E-state index in [-0.39, 0.29) is 5.92 Å². The number of anilines is 1. The highest BCUT2D eigenvalue weighted by Gasteiger charge is 2.28. The maximum atomic E-state index is 12.8. The quantitative estimate of drug-likeness (QED) is 0.477. The first-order valence-corrected chi connectivity index (χ1v) is 9.96. The number of hydrogen-bond acceptors (Lipinski definition) is 3. The monoisotopic (exact) mass is 461 g/mol. The van der Waals surface area contributed by atoms with Gasteiger partial charge < -0.3 is 21.1 Å². The van der Waals surface area contributed by atoms with E-state index in [1.54, 1.807) is 54.6 Å². The standard InChI is InChI=1S/C21H24BrN3O4/c1-13(2)12-17(24-21(29)23-16-10-8-15(22)9-11-16)19(26)25-18(20(27)28)14-6-4-3-5-7-14/h3-11,13,17-18H,12H2,1-2H3,(H,25,26)(H,27,28)(H2,23,24,29)/t17-,18-/m0/s1. The van der Waals surface area contributed by atoms with Crippen LogP contribution < -0.4 is 16.0 Å². The molecule has 8 heteroatoms. The first kappa shape index (κ1) is 22.4. The number of carbonyl (C=O) groups is 3. The number of aliphatic carboxylic acids is 1. The van der Waals surface area contributed by atoms with E-state index in [2.05, 4.69) is 31.9 Å². The Morgan fingerprint density at radius 1 is 0.966 bits per heavy atom. The Bertz CT molecular complexity index is 841. The molecule has 0 fully saturated rings. The summed E-state index contributed by atoms with van der Waals surface area (Å²) in [5, 5.41) is 17.4. The van der Waals surface area contributed by atoms with Crippen molar-refractivity contribution in [2.75, 3.05) is 5.32 Å². The number of rotatable bonds is 8. The Kier molecular flexibility index (Phi) is 8.21. The summed E-state index contributed by atoms with van der Waals surface area (Å²) in [6.45, 7) is 3.83. The van der Waals surface area contributed by atoms with Crippen LogP contribution >= 0.6 is 15.9 Å². The molecule has 29 heavy (non-hydrogen) atoms. The molecule has 2 aromatic rings. The van der Waals surface area contributed by atoms with Gasteiger partial charge in [0, 0.05) is 10.2 Å². The SMILES string of the molecule is CC(C)C[C@H](NC(=O)Nc1ccc(Br)cc1)C(=O)N[C@H](C(=O)O)c1ccccc1. The Hall–Kier alpha value is -2.87. The van der Waals surface area contributed by atoms with Crippen LogP contribution in [0.1, 0.15) is 31.9 Å². The van der Waals surface area contributed by atoms with Crippen LogP contribution in [-0.4, -0.2) is 29.1 Å². The highest BCUT2D eigenvalue weighted by atomic mass is 79.9. The van der Waals surface area contributed by atoms with Crippen molar-refractivity contribution >= 4 is 39.5 Å². The summed E-state index contributed by atoms with van der Waals surface area (Å²) in [5.74, 6) is -1.62. The van der Waals surface area contributed by atoms with E-state index in [9.17, 15) is 19.5 Å². The fourth-order valence-corrected chi connectivity index (χ4v) is 3.00. The molecule has 0 radical (unpaired) electrons. The van der Waals surface area contributed by atoms with Crippen LogP contribution in [0, 0.1) is 5.92 Å². The number of carboxylic acid groups (broad SMARTS) is 1. The average Bonchev–Trinajstić information content (AvgIpc) is 2.67. The topological polar surface area (TPSA) is 108 Å². The number of carboxylic acids is 1. The van der Waals surface area contributed by atoms with Gasteiger partial charge in [-0.1, -0.05) is 60.1 Å². The van der Waals surface area contributed by atoms with Crippen molar-refractivity contribution in [1.82, 2.24) is 10.6 Å². The zero-order valence-corrected chi connectivity index (χ0v) is 17.8. The third kappa shape index (κ3) is 7.23. The van der Waals surface area contributed by atoms with E-state index >= 15 is 0 Å². The summed E-state index contributed by atoms with van der Waals surface area (Å²) >= 11 is 3.32. The Balaban J connectivity index is 2.09. The summed E-state index contributed by atoms with van der Waals surface area (Å²) in [4.78, 5) is 36.8. The molecule has 4 N–H and O–H groups in total. The number of benzene rings is 2. The molecule has 0 aliphatic carbocycles. The van der Waals surface area contributed by atoms with Crippen LogP contribution in [0.15, 0.2) is 59.1 Å². The zero-order valence-electron chi connectivity index (χ0n) is 16.2. The Morgan fingerprint density at radius 3 is 2.14 bits per heavy atom. The van der Waals surface area contributed by atoms with Gasteiger partial charge in [-0.15, -0.1) is 0 Å². The van der Waals surface area contributed by atoms with E-state index in [4.69, 9.17) is 0 Å². The van der Waals surface area contributed by atoms with Gasteiger partial charge in [0.2, 0.25) is 5.91 Å². The molecule has 2 rings (SSSR count). The van der Waals surface area contributed by atoms with E-state index in [1.807, 2.05) is 13.8 Å². The van der Waals surface area contributed by atoms with Crippen LogP contribution in [-0.2, 0) is 9.59 Å². The number of halogens is 1. The fourth-order valence-electron chi connectivity index (χ4n) is 2.74. The van der Waals surface area contributed by atoms with Crippen molar-refractivity contribution in [2.24, 2.45) is 5.92 Å². The average molecular weight is 462 g/mol. The van der Waals surface area contributed by atoms with Crippen LogP contribution in [0.3, 0.4) is 0 Å². The lowest BCUT2D eigenvalue weighted by atomic mass is 10.0. The van der Waals surface area contributed by atoms with E-state index in [0.29, 0.717) is 17.7 Å². The van der Waals surface area contributed by atoms with Crippen molar-refractivity contribution in [1.29, 1.82) is 0 Å². The second kappa shape index (κ2) is 10.6. The molecule has 3 amide bonds. The molecule has 0 heterocycles. The van der Waals surface area contributed by atoms with Crippen molar-refractivity contribution in [3.05, 3.63) is 64.6 Å². The molecule has 0 saturated heterocycles. The van der Waals surface area contributed by atoms with Gasteiger partial charge in [0.15, 0.2) is 6.04 Å². The molecule has 0 bridgehead atoms. The molecule has 0 spiro atoms. The van der Waals surface area contributed by atoms with Crippen molar-refractivity contribution < 1.29 is 19.5 Å². The number of urea groups is 1. The molecule has 0 aromatic heterocycles. The third-order valence-electron chi connectivity index (χ3n) is 4.10. The number of hydrogen-bond donors (Lipinski definition) is 4. The molecule has 0 aliphatic heterocycles. The molecular formula is C21H24BrN3O4. The second-order valence-electron chi connectivity index (χ2n) is 6.98. The van der Waals surface area contributed by atoms with Crippen LogP contribution in [0.4, 0.5) is 10.5 Å². The molecular weight excluding hydrogens is 438 g/mol. The van der Waals surface area contributed by atoms with Crippen LogP contribution in [0.2, 0.25) is 0 Å². The normalized spacial score (nSPS) is 12.7. The second-order valence-corrected chi connectivity index (χ2v) is 7.89. The van der Waals surface area contributed by atoms with Gasteiger partial charge in [-0.3, -0.25) is 4.79 Å². The molecule has 7 nitrogen and oxygen atoms in total. The molecule has 2 aromatic carbocycles. The smallest absolute Gasteiger partial charge is 0.330 e. The van der Waals surface area contributed by atoms with Gasteiger partial charge in [0.1, 0.15) is 6.04 Å². The fraction of sp³-hybridized carbons (Fsp3) is 0.286. The van der Waals surface area contributed by atoms with Crippen molar-refractivity contribution in [2.45, 2.75) is 32.4 Å². The summed E-state index contributed by atoms with van der Waals surface area (Å²) in [5.41, 5.74) is 1.03. The molecule has 154 valence electrons. The van der Waals surface area contributed by atoms with Crippen molar-refractivity contribution in [3.8, 4) is 0 Å². The van der Waals surface area contributed by atoms with Crippen LogP contribution in [0.5, 0.6) is 0 Å². The highest BCUT2D eigenvalue weighted by molar-refractivity contribution is 9.10. The van der Waals surface area contributed by atoms with E-state index in [0.717, 1.165) is 4.47 Å². The Labute approximate surface area is 178 Å². The van der Waals surface area contributed by atoms with Gasteiger partial charge in [-0.2, -0.15) is 0 Å². The predicted octanol–water partition coefficient (Wildman–Crippen LogP) is 3.93. The minimum atomic E-state index is -1.20. The first-order chi connectivity index (χ1) is 13.8. The number of carbonyl (C=O) groups excluding carboxylic acids is 2. The van der Waals surface area contributed by atoms with Crippen molar-refractivity contribution in [3.63, 3.8) is 0 Å². The van der Waals surface area contributed by atoms with E-state index in [1.165, 1.54) is 0 Å². The van der Waals surface area contributed by atoms with E-state index < -0.39 is 30.0 Å². The summed E-state index contributed by atoms with van der Waals surface area (Å²) in [7, 11) is 0. The highest BCUT2D eigenvalue weighted by Crippen LogP contribution is 2.16. The lowest BCUT2D eigenvalue weighted by Gasteiger charge is -2.23. The van der Waals surface area contributed by atoms with Gasteiger partial charge in [0.05, 0.1) is 0 Å². The third-order valence-corrected chi connectivity index (χ3v) is 4.63. The summed E-state index contributed by atoms with van der Waals surface area (Å²) in [6, 6.07) is 12.8. The lowest BCUT2D eigenvalue weighted by molar-refractivity contribution is -0.142. The van der Waals surface area contributed by atoms with Gasteiger partial charge in [-0.25, -0.2) is 9.59 Å².